The van der Waals surface area contributed by atoms with Crippen LogP contribution >= 0.6 is 0 Å². The summed E-state index contributed by atoms with van der Waals surface area (Å²) in [5, 5.41) is 120. The van der Waals surface area contributed by atoms with Gasteiger partial charge in [-0.1, -0.05) is 170 Å². The second-order valence-corrected chi connectivity index (χ2v) is 21.8. The smallest absolute Gasteiger partial charge is 0.220 e. The number of carbonyl (C=O) groups is 1. The summed E-state index contributed by atoms with van der Waals surface area (Å²) < 4.78 is 34.2. The summed E-state index contributed by atoms with van der Waals surface area (Å²) in [6.45, 7) is 1.55. The van der Waals surface area contributed by atoms with Crippen LogP contribution in [-0.4, -0.2) is 193 Å². The molecule has 0 aliphatic carbocycles. The number of amides is 1. The highest BCUT2D eigenvalue weighted by Crippen LogP contribution is 2.33. The number of unbranched alkanes of at least 4 members (excludes halogenated alkanes) is 18. The van der Waals surface area contributed by atoms with Gasteiger partial charge in [0.15, 0.2) is 18.9 Å². The van der Waals surface area contributed by atoms with Crippen LogP contribution in [0.15, 0.2) is 72.9 Å². The minimum atomic E-state index is -1.99. The van der Waals surface area contributed by atoms with Gasteiger partial charge in [0.05, 0.1) is 38.6 Å². The molecule has 19 heteroatoms. The van der Waals surface area contributed by atoms with Crippen molar-refractivity contribution in [1.82, 2.24) is 5.32 Å². The first-order valence-corrected chi connectivity index (χ1v) is 30.7. The van der Waals surface area contributed by atoms with Crippen LogP contribution in [-0.2, 0) is 33.2 Å². The van der Waals surface area contributed by atoms with Crippen molar-refractivity contribution < 1.29 is 89.4 Å². The largest absolute Gasteiger partial charge is 0.394 e. The predicted octanol–water partition coefficient (Wildman–Crippen LogP) is 5.82. The van der Waals surface area contributed by atoms with E-state index >= 15 is 0 Å². The fourth-order valence-corrected chi connectivity index (χ4v) is 9.94. The van der Waals surface area contributed by atoms with Crippen LogP contribution in [0.3, 0.4) is 0 Å². The third-order valence-electron chi connectivity index (χ3n) is 15.0. The lowest BCUT2D eigenvalue weighted by molar-refractivity contribution is -0.379. The number of allylic oxidation sites excluding steroid dienone is 11. The summed E-state index contributed by atoms with van der Waals surface area (Å²) >= 11 is 0. The number of hydrogen-bond acceptors (Lipinski definition) is 18. The molecule has 0 bridgehead atoms. The molecule has 19 nitrogen and oxygen atoms in total. The first kappa shape index (κ1) is 72.5. The third-order valence-corrected chi connectivity index (χ3v) is 15.0. The van der Waals surface area contributed by atoms with E-state index in [2.05, 4.69) is 79.9 Å². The molecule has 3 aliphatic rings. The van der Waals surface area contributed by atoms with E-state index < -0.39 is 124 Å². The highest BCUT2D eigenvalue weighted by molar-refractivity contribution is 5.76. The maximum atomic E-state index is 13.3. The Kier molecular flexibility index (Phi) is 40.0. The van der Waals surface area contributed by atoms with Crippen LogP contribution in [0.4, 0.5) is 0 Å². The van der Waals surface area contributed by atoms with Gasteiger partial charge in [0.1, 0.15) is 73.2 Å². The highest BCUT2D eigenvalue weighted by atomic mass is 16.8. The Labute approximate surface area is 483 Å². The quantitative estimate of drug-likeness (QED) is 0.0253. The van der Waals surface area contributed by atoms with E-state index in [0.717, 1.165) is 77.0 Å². The van der Waals surface area contributed by atoms with Gasteiger partial charge < -0.3 is 89.9 Å². The molecule has 0 saturated carbocycles. The summed E-state index contributed by atoms with van der Waals surface area (Å²) in [5.41, 5.74) is 0. The van der Waals surface area contributed by atoms with E-state index in [0.29, 0.717) is 12.8 Å². The summed E-state index contributed by atoms with van der Waals surface area (Å²) in [5.74, 6) is -0.310. The fraction of sp³-hybridized carbons (Fsp3) is 0.790. The third kappa shape index (κ3) is 28.3. The van der Waals surface area contributed by atoms with Gasteiger partial charge in [0.25, 0.3) is 0 Å². The van der Waals surface area contributed by atoms with Crippen LogP contribution in [0, 0.1) is 0 Å². The summed E-state index contributed by atoms with van der Waals surface area (Å²) in [7, 11) is 0. The molecule has 0 aromatic carbocycles. The van der Waals surface area contributed by atoms with Gasteiger partial charge in [-0.15, -0.1) is 0 Å². The Hall–Kier alpha value is -2.77. The van der Waals surface area contributed by atoms with Crippen LogP contribution in [0.25, 0.3) is 0 Å². The second-order valence-electron chi connectivity index (χ2n) is 21.8. The average Bonchev–Trinajstić information content (AvgIpc) is 3.52. The summed E-state index contributed by atoms with van der Waals surface area (Å²) in [4.78, 5) is 13.3. The molecule has 3 heterocycles. The summed E-state index contributed by atoms with van der Waals surface area (Å²) in [6.07, 6.45) is 26.0. The van der Waals surface area contributed by atoms with Crippen LogP contribution in [0.5, 0.6) is 0 Å². The topological polar surface area (TPSA) is 307 Å². The van der Waals surface area contributed by atoms with Gasteiger partial charge in [0, 0.05) is 6.42 Å². The standard InChI is InChI=1S/C62H107NO18/c1-3-5-7-9-11-13-15-17-19-20-21-22-23-24-26-27-29-31-33-35-37-39-46(67)45(63-50(68)40-38-36-34-32-30-28-25-18-16-14-12-10-8-6-4-2)44-76-60-56(74)53(71)58(48(42-65)78-60)81-62-57(75)54(72)59(49(43-66)79-62)80-61-55(73)52(70)51(69)47(41-64)77-61/h6,8,12,14,18,23-25,29,31,37,39,45-49,51-62,64-67,69-75H,3-5,7,9-11,13,15-17,19-22,26-28,30,32-36,38,40-44H2,1-2H3,(H,63,68)/b8-6-,14-12-,24-23+,25-18-,31-29+,39-37+. The zero-order valence-corrected chi connectivity index (χ0v) is 48.7. The maximum Gasteiger partial charge on any atom is 0.220 e. The molecular weight excluding hydrogens is 1050 g/mol. The normalized spacial score (nSPS) is 30.3. The van der Waals surface area contributed by atoms with Gasteiger partial charge in [-0.3, -0.25) is 4.79 Å². The van der Waals surface area contributed by atoms with E-state index in [1.165, 1.54) is 70.6 Å². The van der Waals surface area contributed by atoms with Crippen molar-refractivity contribution in [2.45, 2.75) is 285 Å². The van der Waals surface area contributed by atoms with Crippen molar-refractivity contribution in [1.29, 1.82) is 0 Å². The van der Waals surface area contributed by atoms with Crippen molar-refractivity contribution in [3.05, 3.63) is 72.9 Å². The van der Waals surface area contributed by atoms with E-state index in [1.807, 2.05) is 6.08 Å². The molecule has 3 fully saturated rings. The molecule has 0 aromatic rings. The zero-order chi connectivity index (χ0) is 59.0. The van der Waals surface area contributed by atoms with E-state index in [1.54, 1.807) is 6.08 Å². The van der Waals surface area contributed by atoms with Gasteiger partial charge in [-0.2, -0.15) is 0 Å². The van der Waals surface area contributed by atoms with E-state index in [-0.39, 0.29) is 18.9 Å². The number of hydrogen-bond donors (Lipinski definition) is 12. The first-order valence-electron chi connectivity index (χ1n) is 30.7. The number of aliphatic hydroxyl groups is 11. The van der Waals surface area contributed by atoms with Crippen molar-refractivity contribution in [2.24, 2.45) is 0 Å². The van der Waals surface area contributed by atoms with Crippen LogP contribution < -0.4 is 5.32 Å². The molecular formula is C62H107NO18. The first-order chi connectivity index (χ1) is 39.3. The highest BCUT2D eigenvalue weighted by Gasteiger charge is 2.53. The molecule has 0 spiro atoms. The average molecular weight is 1150 g/mol. The number of ether oxygens (including phenoxy) is 6. The van der Waals surface area contributed by atoms with Crippen LogP contribution in [0.1, 0.15) is 181 Å². The number of rotatable bonds is 44. The zero-order valence-electron chi connectivity index (χ0n) is 48.7. The lowest BCUT2D eigenvalue weighted by atomic mass is 9.96. The number of aliphatic hydroxyl groups excluding tert-OH is 11. The Balaban J connectivity index is 1.52. The van der Waals surface area contributed by atoms with Crippen molar-refractivity contribution >= 4 is 5.91 Å². The Morgan fingerprint density at radius 3 is 1.38 bits per heavy atom. The Morgan fingerprint density at radius 2 is 0.864 bits per heavy atom. The van der Waals surface area contributed by atoms with Crippen molar-refractivity contribution in [3.63, 3.8) is 0 Å². The van der Waals surface area contributed by atoms with Gasteiger partial charge in [-0.25, -0.2) is 0 Å². The fourth-order valence-electron chi connectivity index (χ4n) is 9.94. The van der Waals surface area contributed by atoms with Gasteiger partial charge in [-0.05, 0) is 77.0 Å². The maximum absolute atomic E-state index is 13.3. The van der Waals surface area contributed by atoms with Crippen molar-refractivity contribution in [3.8, 4) is 0 Å². The number of carbonyl (C=O) groups excluding carboxylic acids is 1. The molecule has 0 radical (unpaired) electrons. The van der Waals surface area contributed by atoms with Crippen molar-refractivity contribution in [2.75, 3.05) is 26.4 Å². The lowest BCUT2D eigenvalue weighted by Crippen LogP contribution is -2.66. The molecule has 0 aromatic heterocycles. The molecule has 3 saturated heterocycles. The summed E-state index contributed by atoms with van der Waals surface area (Å²) in [6, 6.07) is -1.01. The molecule has 3 aliphatic heterocycles. The van der Waals surface area contributed by atoms with E-state index in [9.17, 15) is 61.0 Å². The SMILES string of the molecule is CC/C=C\C/C=C\C/C=C\CCCCCCCC(=O)NC(COC1OC(CO)C(OC2OC(CO)C(OC3OC(CO)C(O)C(O)C3O)C(O)C2O)C(O)C1O)C(O)/C=C/CC/C=C/CC/C=C/CCCCCCCCCCCCC. The minimum Gasteiger partial charge on any atom is -0.394 e. The lowest BCUT2D eigenvalue weighted by Gasteiger charge is -2.48. The van der Waals surface area contributed by atoms with Gasteiger partial charge >= 0.3 is 0 Å². The Morgan fingerprint density at radius 1 is 0.457 bits per heavy atom. The van der Waals surface area contributed by atoms with E-state index in [4.69, 9.17) is 28.4 Å². The van der Waals surface area contributed by atoms with Gasteiger partial charge in [0.2, 0.25) is 5.91 Å². The molecule has 12 N–H and O–H groups in total. The molecule has 3 rings (SSSR count). The Bertz CT molecular complexity index is 1760. The molecule has 1 amide bonds. The second kappa shape index (κ2) is 44.7. The number of nitrogens with one attached hydrogen (secondary N) is 1. The minimum absolute atomic E-state index is 0.209. The monoisotopic (exact) mass is 1150 g/mol. The van der Waals surface area contributed by atoms with Crippen LogP contribution in [0.2, 0.25) is 0 Å². The predicted molar refractivity (Wildman–Crippen MR) is 309 cm³/mol. The molecule has 17 unspecified atom stereocenters. The molecule has 81 heavy (non-hydrogen) atoms. The molecule has 17 atom stereocenters. The molecule has 468 valence electrons.